The standard InChI is InChI=1S/C31H35N3O2S/c1-7-24-18-27-29(31(36)34(24)20-28(35)23-12-10-9-11-13-23)26(8-2)30(33(27)4)21(3)32-19-22-14-16-25(17-15-22)37(5)6/h9-18,32H,3,5,7-8,19-20H2,1-2,4,6H3. The quantitative estimate of drug-likeness (QED) is 0.215. The largest absolute Gasteiger partial charge is 0.380 e. The van der Waals surface area contributed by atoms with E-state index in [0.717, 1.165) is 33.7 Å². The third kappa shape index (κ3) is 5.25. The van der Waals surface area contributed by atoms with Gasteiger partial charge in [-0.15, -0.1) is 0 Å². The molecule has 4 rings (SSSR count). The Morgan fingerprint density at radius 1 is 1.03 bits per heavy atom. The van der Waals surface area contributed by atoms with E-state index >= 15 is 0 Å². The minimum absolute atomic E-state index is 0.0123. The van der Waals surface area contributed by atoms with Gasteiger partial charge in [0.2, 0.25) is 0 Å². The SMILES string of the molecule is C=C(NCc1ccc(S(=C)C)cc1)c1c(CC)c2c(=O)n(CC(=O)c3ccccc3)c(CC)cc2n1C. The molecule has 0 radical (unpaired) electrons. The van der Waals surface area contributed by atoms with Crippen molar-refractivity contribution in [1.29, 1.82) is 0 Å². The number of hydrogen-bond acceptors (Lipinski definition) is 3. The highest BCUT2D eigenvalue weighted by Crippen LogP contribution is 2.28. The van der Waals surface area contributed by atoms with Gasteiger partial charge in [0, 0.05) is 29.7 Å². The molecule has 4 aromatic rings. The van der Waals surface area contributed by atoms with Crippen LogP contribution in [-0.4, -0.2) is 27.0 Å². The Morgan fingerprint density at radius 2 is 1.70 bits per heavy atom. The van der Waals surface area contributed by atoms with E-state index in [1.165, 1.54) is 4.90 Å². The molecule has 0 aliphatic rings. The second-order valence-electron chi connectivity index (χ2n) is 9.28. The molecule has 37 heavy (non-hydrogen) atoms. The van der Waals surface area contributed by atoms with Crippen molar-refractivity contribution in [1.82, 2.24) is 14.5 Å². The molecule has 0 spiro atoms. The van der Waals surface area contributed by atoms with Crippen LogP contribution in [0.5, 0.6) is 0 Å². The maximum Gasteiger partial charge on any atom is 0.260 e. The topological polar surface area (TPSA) is 56.0 Å². The summed E-state index contributed by atoms with van der Waals surface area (Å²) >= 11 is 0. The van der Waals surface area contributed by atoms with Crippen LogP contribution in [0.3, 0.4) is 0 Å². The summed E-state index contributed by atoms with van der Waals surface area (Å²) in [6.07, 6.45) is 3.44. The summed E-state index contributed by atoms with van der Waals surface area (Å²) in [4.78, 5) is 28.1. The zero-order chi connectivity index (χ0) is 26.7. The normalized spacial score (nSPS) is 12.0. The maximum atomic E-state index is 13.9. The molecule has 0 saturated heterocycles. The van der Waals surface area contributed by atoms with Crippen LogP contribution in [-0.2, 0) is 33.0 Å². The van der Waals surface area contributed by atoms with Gasteiger partial charge in [-0.25, -0.2) is 0 Å². The zero-order valence-electron chi connectivity index (χ0n) is 22.1. The third-order valence-electron chi connectivity index (χ3n) is 6.88. The number of nitrogens with zero attached hydrogens (tertiary/aromatic N) is 2. The summed E-state index contributed by atoms with van der Waals surface area (Å²) in [6, 6.07) is 19.7. The van der Waals surface area contributed by atoms with E-state index in [1.54, 1.807) is 16.7 Å². The van der Waals surface area contributed by atoms with Gasteiger partial charge in [-0.2, -0.15) is 10.5 Å². The van der Waals surface area contributed by atoms with Crippen LogP contribution in [0.25, 0.3) is 16.6 Å². The first-order chi connectivity index (χ1) is 17.8. The molecule has 1 N–H and O–H groups in total. The average molecular weight is 514 g/mol. The summed E-state index contributed by atoms with van der Waals surface area (Å²) in [5, 5.41) is 4.13. The smallest absolute Gasteiger partial charge is 0.260 e. The van der Waals surface area contributed by atoms with Crippen LogP contribution in [0.2, 0.25) is 0 Å². The van der Waals surface area contributed by atoms with E-state index in [4.69, 9.17) is 0 Å². The van der Waals surface area contributed by atoms with Gasteiger partial charge in [-0.05, 0) is 48.4 Å². The molecule has 1 atom stereocenters. The van der Waals surface area contributed by atoms with Crippen LogP contribution in [0, 0.1) is 0 Å². The lowest BCUT2D eigenvalue weighted by Crippen LogP contribution is -2.27. The lowest BCUT2D eigenvalue weighted by atomic mass is 10.1. The van der Waals surface area contributed by atoms with E-state index in [2.05, 4.69) is 59.8 Å². The van der Waals surface area contributed by atoms with E-state index in [-0.39, 0.29) is 28.4 Å². The molecule has 5 nitrogen and oxygen atoms in total. The minimum atomic E-state index is -0.121. The molecule has 0 fully saturated rings. The number of carbonyl (C=O) groups excluding carboxylic acids is 1. The summed E-state index contributed by atoms with van der Waals surface area (Å²) in [5.74, 6) is 4.04. The van der Waals surface area contributed by atoms with Crippen LogP contribution in [0.4, 0.5) is 0 Å². The molecule has 0 aliphatic carbocycles. The van der Waals surface area contributed by atoms with Gasteiger partial charge in [0.1, 0.15) is 0 Å². The Balaban J connectivity index is 1.71. The van der Waals surface area contributed by atoms with Gasteiger partial charge >= 0.3 is 0 Å². The number of hydrogen-bond donors (Lipinski definition) is 1. The van der Waals surface area contributed by atoms with Gasteiger partial charge in [-0.1, -0.05) is 68.8 Å². The number of rotatable bonds is 10. The first-order valence-corrected chi connectivity index (χ1v) is 14.4. The molecule has 0 saturated carbocycles. The van der Waals surface area contributed by atoms with Gasteiger partial charge in [0.05, 0.1) is 28.8 Å². The molecule has 1 unspecified atom stereocenters. The predicted octanol–water partition coefficient (Wildman–Crippen LogP) is 5.80. The molecular weight excluding hydrogens is 478 g/mol. The van der Waals surface area contributed by atoms with E-state index in [1.807, 2.05) is 38.2 Å². The fourth-order valence-corrected chi connectivity index (χ4v) is 5.46. The highest BCUT2D eigenvalue weighted by molar-refractivity contribution is 8.13. The Kier molecular flexibility index (Phi) is 7.98. The van der Waals surface area contributed by atoms with Crippen molar-refractivity contribution < 1.29 is 4.79 Å². The Morgan fingerprint density at radius 3 is 2.30 bits per heavy atom. The maximum absolute atomic E-state index is 13.9. The predicted molar refractivity (Wildman–Crippen MR) is 158 cm³/mol. The van der Waals surface area contributed by atoms with E-state index < -0.39 is 0 Å². The zero-order valence-corrected chi connectivity index (χ0v) is 23.0. The molecule has 2 aromatic heterocycles. The number of benzene rings is 2. The van der Waals surface area contributed by atoms with Crippen molar-refractivity contribution in [2.24, 2.45) is 7.05 Å². The van der Waals surface area contributed by atoms with E-state index in [9.17, 15) is 9.59 Å². The number of ketones is 1. The molecule has 0 aliphatic heterocycles. The molecule has 0 amide bonds. The number of carbonyl (C=O) groups is 1. The Bertz CT molecular complexity index is 1540. The first-order valence-electron chi connectivity index (χ1n) is 12.6. The number of Topliss-reactive ketones (excluding diaryl/α,β-unsaturated/α-hetero) is 1. The van der Waals surface area contributed by atoms with Gasteiger partial charge in [-0.3, -0.25) is 9.59 Å². The van der Waals surface area contributed by atoms with Crippen LogP contribution in [0.1, 0.15) is 46.7 Å². The summed E-state index contributed by atoms with van der Waals surface area (Å²) < 4.78 is 3.70. The molecule has 0 bridgehead atoms. The van der Waals surface area contributed by atoms with E-state index in [0.29, 0.717) is 30.3 Å². The molecule has 2 aromatic carbocycles. The van der Waals surface area contributed by atoms with Crippen molar-refractivity contribution in [3.8, 4) is 0 Å². The number of pyridine rings is 1. The minimum Gasteiger partial charge on any atom is -0.380 e. The average Bonchev–Trinajstić information content (AvgIpc) is 3.20. The number of fused-ring (bicyclic) bond motifs is 1. The highest BCUT2D eigenvalue weighted by atomic mass is 32.2. The summed E-state index contributed by atoms with van der Waals surface area (Å²) in [6.45, 7) is 9.05. The van der Waals surface area contributed by atoms with Gasteiger partial charge in [0.15, 0.2) is 5.78 Å². The molecule has 6 heteroatoms. The fourth-order valence-electron chi connectivity index (χ4n) is 4.86. The summed E-state index contributed by atoms with van der Waals surface area (Å²) in [5.41, 5.74) is 6.00. The van der Waals surface area contributed by atoms with Crippen LogP contribution < -0.4 is 10.9 Å². The fraction of sp³-hybridized carbons (Fsp3) is 0.258. The Hall–Kier alpha value is -3.64. The lowest BCUT2D eigenvalue weighted by Gasteiger charge is -2.14. The van der Waals surface area contributed by atoms with Crippen molar-refractivity contribution in [3.63, 3.8) is 0 Å². The Labute approximate surface area is 221 Å². The highest BCUT2D eigenvalue weighted by Gasteiger charge is 2.22. The second-order valence-corrected chi connectivity index (χ2v) is 11.0. The third-order valence-corrected chi connectivity index (χ3v) is 7.96. The molecular formula is C31H35N3O2S. The summed E-state index contributed by atoms with van der Waals surface area (Å²) in [7, 11) is 1.97. The number of aromatic nitrogens is 2. The first kappa shape index (κ1) is 26.4. The number of aryl methyl sites for hydroxylation is 3. The van der Waals surface area contributed by atoms with Crippen molar-refractivity contribution >= 4 is 38.7 Å². The lowest BCUT2D eigenvalue weighted by molar-refractivity contribution is 0.0970. The van der Waals surface area contributed by atoms with Crippen LogP contribution in [0.15, 0.2) is 76.9 Å². The van der Waals surface area contributed by atoms with Gasteiger partial charge in [0.25, 0.3) is 5.56 Å². The van der Waals surface area contributed by atoms with Crippen molar-refractivity contribution in [2.45, 2.75) is 44.7 Å². The monoisotopic (exact) mass is 513 g/mol. The van der Waals surface area contributed by atoms with Crippen molar-refractivity contribution in [2.75, 3.05) is 6.26 Å². The number of nitrogens with one attached hydrogen (secondary N) is 1. The van der Waals surface area contributed by atoms with Crippen LogP contribution >= 0.6 is 10.5 Å². The van der Waals surface area contributed by atoms with Crippen molar-refractivity contribution in [3.05, 3.63) is 106 Å². The molecule has 2 heterocycles. The second kappa shape index (κ2) is 11.2. The van der Waals surface area contributed by atoms with Gasteiger partial charge < -0.3 is 14.5 Å². The molecule has 192 valence electrons.